The maximum Gasteiger partial charge on any atom is 0.308 e. The molecule has 0 aliphatic carbocycles. The molecule has 4 heteroatoms. The Bertz CT molecular complexity index is 617. The van der Waals surface area contributed by atoms with Crippen molar-refractivity contribution in [1.29, 1.82) is 0 Å². The standard InChI is InChI=1S/C28H44F2O2/c1-3-4-5-6-7-8-9-10-11-12-13-14-15-16-22-28(29,30)23-17-24-32-25-26-18-20-27(31-2)21-19-26/h18-21H,3-15,17,23-25H2,1-2H3. The van der Waals surface area contributed by atoms with E-state index in [4.69, 9.17) is 9.47 Å². The van der Waals surface area contributed by atoms with Gasteiger partial charge in [0.05, 0.1) is 13.7 Å². The SMILES string of the molecule is CCCCCCCCCCCCCCC#CC(F)(F)CCCOCc1ccc(OC)cc1. The molecule has 0 spiro atoms. The van der Waals surface area contributed by atoms with Crippen LogP contribution in [0.2, 0.25) is 0 Å². The van der Waals surface area contributed by atoms with Gasteiger partial charge in [0, 0.05) is 19.4 Å². The number of methoxy groups -OCH3 is 1. The molecule has 0 fully saturated rings. The summed E-state index contributed by atoms with van der Waals surface area (Å²) in [5.41, 5.74) is 1.000. The molecule has 1 rings (SSSR count). The summed E-state index contributed by atoms with van der Waals surface area (Å²) < 4.78 is 38.3. The molecule has 32 heavy (non-hydrogen) atoms. The lowest BCUT2D eigenvalue weighted by Gasteiger charge is -2.10. The molecule has 0 saturated carbocycles. The monoisotopic (exact) mass is 450 g/mol. The van der Waals surface area contributed by atoms with Crippen LogP contribution in [0, 0.1) is 11.8 Å². The van der Waals surface area contributed by atoms with Gasteiger partial charge in [-0.3, -0.25) is 0 Å². The summed E-state index contributed by atoms with van der Waals surface area (Å²) in [7, 11) is 1.62. The van der Waals surface area contributed by atoms with Gasteiger partial charge in [-0.2, -0.15) is 8.78 Å². The summed E-state index contributed by atoms with van der Waals surface area (Å²) in [6, 6.07) is 7.54. The predicted molar refractivity (Wildman–Crippen MR) is 130 cm³/mol. The highest BCUT2D eigenvalue weighted by atomic mass is 19.3. The second-order valence-corrected chi connectivity index (χ2v) is 8.65. The van der Waals surface area contributed by atoms with Crippen molar-refractivity contribution < 1.29 is 18.3 Å². The molecule has 0 unspecified atom stereocenters. The molecule has 0 N–H and O–H groups in total. The van der Waals surface area contributed by atoms with E-state index in [9.17, 15) is 8.78 Å². The molecule has 0 radical (unpaired) electrons. The largest absolute Gasteiger partial charge is 0.497 e. The third-order valence-electron chi connectivity index (χ3n) is 5.63. The molecule has 0 saturated heterocycles. The number of rotatable bonds is 19. The van der Waals surface area contributed by atoms with Gasteiger partial charge in [0.15, 0.2) is 0 Å². The van der Waals surface area contributed by atoms with Crippen molar-refractivity contribution in [2.45, 2.75) is 116 Å². The van der Waals surface area contributed by atoms with Gasteiger partial charge in [-0.25, -0.2) is 0 Å². The van der Waals surface area contributed by atoms with E-state index in [1.54, 1.807) is 7.11 Å². The molecule has 0 aliphatic rings. The molecule has 0 bridgehead atoms. The molecule has 0 atom stereocenters. The lowest BCUT2D eigenvalue weighted by molar-refractivity contribution is 0.0374. The van der Waals surface area contributed by atoms with Crippen molar-refractivity contribution in [3.63, 3.8) is 0 Å². The Morgan fingerprint density at radius 1 is 0.781 bits per heavy atom. The highest BCUT2D eigenvalue weighted by Gasteiger charge is 2.24. The first-order chi connectivity index (χ1) is 15.6. The summed E-state index contributed by atoms with van der Waals surface area (Å²) in [6.07, 6.45) is 15.9. The molecule has 0 amide bonds. The number of benzene rings is 1. The zero-order chi connectivity index (χ0) is 23.3. The van der Waals surface area contributed by atoms with Gasteiger partial charge < -0.3 is 9.47 Å². The minimum absolute atomic E-state index is 0.249. The van der Waals surface area contributed by atoms with Crippen LogP contribution in [-0.2, 0) is 11.3 Å². The molecule has 0 aliphatic heterocycles. The van der Waals surface area contributed by atoms with Crippen molar-refractivity contribution in [2.24, 2.45) is 0 Å². The van der Waals surface area contributed by atoms with Gasteiger partial charge in [-0.15, -0.1) is 0 Å². The van der Waals surface area contributed by atoms with E-state index in [2.05, 4.69) is 18.8 Å². The van der Waals surface area contributed by atoms with Crippen LogP contribution in [0.5, 0.6) is 5.75 Å². The Morgan fingerprint density at radius 2 is 1.34 bits per heavy atom. The highest BCUT2D eigenvalue weighted by Crippen LogP contribution is 2.20. The zero-order valence-corrected chi connectivity index (χ0v) is 20.4. The van der Waals surface area contributed by atoms with Gasteiger partial charge in [0.2, 0.25) is 0 Å². The van der Waals surface area contributed by atoms with Crippen molar-refractivity contribution >= 4 is 0 Å². The first-order valence-electron chi connectivity index (χ1n) is 12.7. The van der Waals surface area contributed by atoms with Crippen LogP contribution in [0.4, 0.5) is 8.78 Å². The third kappa shape index (κ3) is 16.1. The van der Waals surface area contributed by atoms with E-state index >= 15 is 0 Å². The number of ether oxygens (including phenoxy) is 2. The van der Waals surface area contributed by atoms with Crippen LogP contribution in [0.25, 0.3) is 0 Å². The van der Waals surface area contributed by atoms with Gasteiger partial charge in [-0.1, -0.05) is 95.6 Å². The summed E-state index contributed by atoms with van der Waals surface area (Å²) in [6.45, 7) is 2.97. The summed E-state index contributed by atoms with van der Waals surface area (Å²) in [5, 5.41) is 0. The second-order valence-electron chi connectivity index (χ2n) is 8.65. The van der Waals surface area contributed by atoms with E-state index in [1.807, 2.05) is 24.3 Å². The summed E-state index contributed by atoms with van der Waals surface area (Å²) in [5.74, 6) is 2.72. The predicted octanol–water partition coefficient (Wildman–Crippen LogP) is 8.72. The molecule has 182 valence electrons. The van der Waals surface area contributed by atoms with Gasteiger partial charge in [0.25, 0.3) is 0 Å². The lowest BCUT2D eigenvalue weighted by Crippen LogP contribution is -2.13. The Balaban J connectivity index is 1.96. The van der Waals surface area contributed by atoms with Crippen molar-refractivity contribution in [2.75, 3.05) is 13.7 Å². The molecule has 2 nitrogen and oxygen atoms in total. The van der Waals surface area contributed by atoms with E-state index in [-0.39, 0.29) is 6.42 Å². The van der Waals surface area contributed by atoms with Crippen LogP contribution >= 0.6 is 0 Å². The number of unbranched alkanes of at least 4 members (excludes halogenated alkanes) is 12. The maximum atomic E-state index is 13.9. The van der Waals surface area contributed by atoms with E-state index in [0.717, 1.165) is 24.2 Å². The fraction of sp³-hybridized carbons (Fsp3) is 0.714. The number of hydrogen-bond donors (Lipinski definition) is 0. The molecule has 1 aromatic carbocycles. The Labute approximate surface area is 195 Å². The smallest absolute Gasteiger partial charge is 0.308 e. The second kappa shape index (κ2) is 18.9. The van der Waals surface area contributed by atoms with E-state index in [0.29, 0.717) is 26.1 Å². The van der Waals surface area contributed by atoms with Crippen LogP contribution in [0.1, 0.15) is 109 Å². The van der Waals surface area contributed by atoms with Crippen LogP contribution in [0.15, 0.2) is 24.3 Å². The average Bonchev–Trinajstić information content (AvgIpc) is 2.79. The third-order valence-corrected chi connectivity index (χ3v) is 5.63. The number of hydrogen-bond acceptors (Lipinski definition) is 2. The fourth-order valence-corrected chi connectivity index (χ4v) is 3.62. The Hall–Kier alpha value is -1.60. The average molecular weight is 451 g/mol. The van der Waals surface area contributed by atoms with Crippen LogP contribution in [0.3, 0.4) is 0 Å². The Kier molecular flexibility index (Phi) is 16.8. The normalized spacial score (nSPS) is 11.2. The fourth-order valence-electron chi connectivity index (χ4n) is 3.62. The molecule has 1 aromatic rings. The quantitative estimate of drug-likeness (QED) is 0.155. The van der Waals surface area contributed by atoms with Crippen molar-refractivity contribution in [3.8, 4) is 17.6 Å². The van der Waals surface area contributed by atoms with Gasteiger partial charge >= 0.3 is 5.92 Å². The Morgan fingerprint density at radius 3 is 1.91 bits per heavy atom. The summed E-state index contributed by atoms with van der Waals surface area (Å²) >= 11 is 0. The van der Waals surface area contributed by atoms with Crippen LogP contribution in [-0.4, -0.2) is 19.6 Å². The first-order valence-corrected chi connectivity index (χ1v) is 12.7. The highest BCUT2D eigenvalue weighted by molar-refractivity contribution is 5.26. The van der Waals surface area contributed by atoms with Gasteiger partial charge in [0.1, 0.15) is 5.75 Å². The zero-order valence-electron chi connectivity index (χ0n) is 20.4. The maximum absolute atomic E-state index is 13.9. The minimum Gasteiger partial charge on any atom is -0.497 e. The number of halogens is 2. The van der Waals surface area contributed by atoms with E-state index < -0.39 is 5.92 Å². The van der Waals surface area contributed by atoms with Crippen molar-refractivity contribution in [3.05, 3.63) is 29.8 Å². The van der Waals surface area contributed by atoms with Crippen LogP contribution < -0.4 is 4.74 Å². The van der Waals surface area contributed by atoms with E-state index in [1.165, 1.54) is 64.2 Å². The molecular formula is C28H44F2O2. The lowest BCUT2D eigenvalue weighted by atomic mass is 10.0. The first kappa shape index (κ1) is 28.4. The van der Waals surface area contributed by atoms with Crippen molar-refractivity contribution in [1.82, 2.24) is 0 Å². The molecule has 0 heterocycles. The number of alkyl halides is 2. The minimum atomic E-state index is -2.92. The summed E-state index contributed by atoms with van der Waals surface area (Å²) in [4.78, 5) is 0. The molecule has 0 aromatic heterocycles. The van der Waals surface area contributed by atoms with Gasteiger partial charge in [-0.05, 0) is 36.5 Å². The topological polar surface area (TPSA) is 18.5 Å². The molecular weight excluding hydrogens is 406 g/mol.